The monoisotopic (exact) mass is 403 g/mol. The molecule has 1 amide bonds. The number of nitrogens with one attached hydrogen (secondary N) is 1. The molecule has 0 radical (unpaired) electrons. The molecule has 2 aromatic carbocycles. The molecule has 0 spiro atoms. The Hall–Kier alpha value is -1.96. The highest BCUT2D eigenvalue weighted by atomic mass is 35.5. The molecule has 0 atom stereocenters. The van der Waals surface area contributed by atoms with Gasteiger partial charge in [0.1, 0.15) is 4.90 Å². The Morgan fingerprint density at radius 3 is 2.48 bits per heavy atom. The normalized spacial score (nSPS) is 11.0. The van der Waals surface area contributed by atoms with E-state index < -0.39 is 15.9 Å². The van der Waals surface area contributed by atoms with Gasteiger partial charge in [-0.1, -0.05) is 23.2 Å². The van der Waals surface area contributed by atoms with E-state index in [1.54, 1.807) is 6.92 Å². The molecule has 25 heavy (non-hydrogen) atoms. The van der Waals surface area contributed by atoms with E-state index in [0.29, 0.717) is 18.1 Å². The van der Waals surface area contributed by atoms with Crippen LogP contribution in [-0.2, 0) is 10.0 Å². The average molecular weight is 404 g/mol. The van der Waals surface area contributed by atoms with Crippen molar-refractivity contribution in [2.45, 2.75) is 11.8 Å². The number of methoxy groups -OCH3 is 1. The fraction of sp³-hybridized carbons (Fsp3) is 0.188. The molecule has 0 saturated heterocycles. The SMILES string of the molecule is CCOc1cc(C(=O)NS(=O)(=O)c2cc(Cl)ccc2Cl)ccc1OC. The van der Waals surface area contributed by atoms with Gasteiger partial charge in [-0.25, -0.2) is 13.1 Å². The van der Waals surface area contributed by atoms with Gasteiger partial charge in [-0.15, -0.1) is 0 Å². The lowest BCUT2D eigenvalue weighted by molar-refractivity contribution is 0.0981. The van der Waals surface area contributed by atoms with Gasteiger partial charge in [0.2, 0.25) is 0 Å². The van der Waals surface area contributed by atoms with Gasteiger partial charge in [0.05, 0.1) is 18.7 Å². The molecular weight excluding hydrogens is 389 g/mol. The van der Waals surface area contributed by atoms with Crippen molar-refractivity contribution in [1.29, 1.82) is 0 Å². The molecule has 0 fully saturated rings. The molecular formula is C16H15Cl2NO5S. The Morgan fingerprint density at radius 1 is 1.12 bits per heavy atom. The van der Waals surface area contributed by atoms with Gasteiger partial charge in [-0.2, -0.15) is 0 Å². The van der Waals surface area contributed by atoms with E-state index in [0.717, 1.165) is 0 Å². The zero-order valence-electron chi connectivity index (χ0n) is 13.4. The third kappa shape index (κ3) is 4.56. The highest BCUT2D eigenvalue weighted by Crippen LogP contribution is 2.29. The summed E-state index contributed by atoms with van der Waals surface area (Å²) >= 11 is 11.7. The summed E-state index contributed by atoms with van der Waals surface area (Å²) in [6, 6.07) is 8.28. The van der Waals surface area contributed by atoms with Crippen LogP contribution in [0.25, 0.3) is 0 Å². The minimum Gasteiger partial charge on any atom is -0.493 e. The third-order valence-corrected chi connectivity index (χ3v) is 5.18. The standard InChI is InChI=1S/C16H15Cl2NO5S/c1-3-24-14-8-10(4-7-13(14)23-2)16(20)19-25(21,22)15-9-11(17)5-6-12(15)18/h4-9H,3H2,1-2H3,(H,19,20). The van der Waals surface area contributed by atoms with E-state index >= 15 is 0 Å². The minimum absolute atomic E-state index is 0.0468. The summed E-state index contributed by atoms with van der Waals surface area (Å²) in [5.41, 5.74) is 0.0889. The number of ether oxygens (including phenoxy) is 2. The van der Waals surface area contributed by atoms with E-state index in [1.807, 2.05) is 4.72 Å². The van der Waals surface area contributed by atoms with Crippen LogP contribution in [0.3, 0.4) is 0 Å². The number of hydrogen-bond acceptors (Lipinski definition) is 5. The molecule has 2 rings (SSSR count). The fourth-order valence-corrected chi connectivity index (χ4v) is 3.74. The van der Waals surface area contributed by atoms with Crippen LogP contribution in [-0.4, -0.2) is 28.0 Å². The molecule has 6 nitrogen and oxygen atoms in total. The van der Waals surface area contributed by atoms with Crippen LogP contribution in [0.15, 0.2) is 41.3 Å². The van der Waals surface area contributed by atoms with Crippen LogP contribution in [0.1, 0.15) is 17.3 Å². The predicted octanol–water partition coefficient (Wildman–Crippen LogP) is 3.52. The van der Waals surface area contributed by atoms with Crippen LogP contribution in [0.2, 0.25) is 10.0 Å². The fourth-order valence-electron chi connectivity index (χ4n) is 2.01. The maximum Gasteiger partial charge on any atom is 0.265 e. The smallest absolute Gasteiger partial charge is 0.265 e. The van der Waals surface area contributed by atoms with Crippen molar-refractivity contribution in [2.24, 2.45) is 0 Å². The molecule has 0 aromatic heterocycles. The number of carbonyl (C=O) groups is 1. The number of hydrogen-bond donors (Lipinski definition) is 1. The second-order valence-electron chi connectivity index (χ2n) is 4.81. The number of benzene rings is 2. The molecule has 2 aromatic rings. The van der Waals surface area contributed by atoms with Gasteiger partial charge in [-0.05, 0) is 43.3 Å². The van der Waals surface area contributed by atoms with E-state index in [9.17, 15) is 13.2 Å². The maximum atomic E-state index is 12.4. The van der Waals surface area contributed by atoms with Crippen LogP contribution in [0.4, 0.5) is 0 Å². The number of halogens is 2. The molecule has 9 heteroatoms. The third-order valence-electron chi connectivity index (χ3n) is 3.14. The molecule has 0 aliphatic rings. The van der Waals surface area contributed by atoms with Crippen molar-refractivity contribution in [2.75, 3.05) is 13.7 Å². The number of sulfonamides is 1. The van der Waals surface area contributed by atoms with Gasteiger partial charge in [0.25, 0.3) is 15.9 Å². The van der Waals surface area contributed by atoms with E-state index in [4.69, 9.17) is 32.7 Å². The first kappa shape index (κ1) is 19.4. The molecule has 1 N–H and O–H groups in total. The zero-order chi connectivity index (χ0) is 18.6. The van der Waals surface area contributed by atoms with Crippen molar-refractivity contribution < 1.29 is 22.7 Å². The first-order valence-corrected chi connectivity index (χ1v) is 9.35. The van der Waals surface area contributed by atoms with Crippen LogP contribution >= 0.6 is 23.2 Å². The highest BCUT2D eigenvalue weighted by Gasteiger charge is 2.22. The lowest BCUT2D eigenvalue weighted by Crippen LogP contribution is -2.30. The molecule has 0 saturated carbocycles. The Bertz CT molecular complexity index is 899. The van der Waals surface area contributed by atoms with Crippen LogP contribution < -0.4 is 14.2 Å². The van der Waals surface area contributed by atoms with Gasteiger partial charge in [0.15, 0.2) is 11.5 Å². The summed E-state index contributed by atoms with van der Waals surface area (Å²) in [7, 11) is -2.73. The Balaban J connectivity index is 2.32. The Labute approximate surface area is 155 Å². The number of amides is 1. The molecule has 0 aliphatic heterocycles. The topological polar surface area (TPSA) is 81.7 Å². The van der Waals surface area contributed by atoms with Gasteiger partial charge >= 0.3 is 0 Å². The predicted molar refractivity (Wildman–Crippen MR) is 95.3 cm³/mol. The first-order chi connectivity index (χ1) is 11.8. The van der Waals surface area contributed by atoms with Crippen LogP contribution in [0.5, 0.6) is 11.5 Å². The number of carbonyl (C=O) groups excluding carboxylic acids is 1. The number of rotatable bonds is 6. The minimum atomic E-state index is -4.19. The van der Waals surface area contributed by atoms with Crippen molar-refractivity contribution in [3.8, 4) is 11.5 Å². The van der Waals surface area contributed by atoms with Crippen molar-refractivity contribution >= 4 is 39.1 Å². The van der Waals surface area contributed by atoms with Crippen molar-refractivity contribution in [3.63, 3.8) is 0 Å². The lowest BCUT2D eigenvalue weighted by atomic mass is 10.2. The van der Waals surface area contributed by atoms with E-state index in [-0.39, 0.29) is 20.5 Å². The molecule has 0 heterocycles. The summed E-state index contributed by atoms with van der Waals surface area (Å²) in [6.07, 6.45) is 0. The van der Waals surface area contributed by atoms with E-state index in [1.165, 1.54) is 43.5 Å². The van der Waals surface area contributed by atoms with E-state index in [2.05, 4.69) is 0 Å². The lowest BCUT2D eigenvalue weighted by Gasteiger charge is -2.12. The molecule has 0 unspecified atom stereocenters. The maximum absolute atomic E-state index is 12.4. The van der Waals surface area contributed by atoms with Gasteiger partial charge in [0, 0.05) is 10.6 Å². The summed E-state index contributed by atoms with van der Waals surface area (Å²) < 4.78 is 37.2. The Morgan fingerprint density at radius 2 is 1.84 bits per heavy atom. The second kappa shape index (κ2) is 7.95. The molecule has 0 aliphatic carbocycles. The van der Waals surface area contributed by atoms with Gasteiger partial charge < -0.3 is 9.47 Å². The first-order valence-electron chi connectivity index (χ1n) is 7.11. The largest absolute Gasteiger partial charge is 0.493 e. The average Bonchev–Trinajstić information content (AvgIpc) is 2.56. The quantitative estimate of drug-likeness (QED) is 0.797. The highest BCUT2D eigenvalue weighted by molar-refractivity contribution is 7.90. The van der Waals surface area contributed by atoms with Crippen molar-refractivity contribution in [1.82, 2.24) is 4.72 Å². The summed E-state index contributed by atoms with van der Waals surface area (Å²) in [6.45, 7) is 2.13. The summed E-state index contributed by atoms with van der Waals surface area (Å²) in [5, 5.41) is 0.134. The van der Waals surface area contributed by atoms with Gasteiger partial charge in [-0.3, -0.25) is 4.79 Å². The zero-order valence-corrected chi connectivity index (χ0v) is 15.7. The Kier molecular flexibility index (Phi) is 6.16. The summed E-state index contributed by atoms with van der Waals surface area (Å²) in [5.74, 6) is -0.0744. The van der Waals surface area contributed by atoms with Crippen LogP contribution in [0, 0.1) is 0 Å². The second-order valence-corrected chi connectivity index (χ2v) is 7.30. The van der Waals surface area contributed by atoms with Crippen molar-refractivity contribution in [3.05, 3.63) is 52.0 Å². The molecule has 0 bridgehead atoms. The summed E-state index contributed by atoms with van der Waals surface area (Å²) in [4.78, 5) is 12.0. The molecule has 134 valence electrons.